The van der Waals surface area contributed by atoms with Crippen LogP contribution in [0.3, 0.4) is 0 Å². The molecule has 3 aromatic rings. The zero-order valence-electron chi connectivity index (χ0n) is 12.4. The van der Waals surface area contributed by atoms with Gasteiger partial charge in [-0.2, -0.15) is 5.10 Å². The highest BCUT2D eigenvalue weighted by atomic mass is 16.3. The highest BCUT2D eigenvalue weighted by Crippen LogP contribution is 2.19. The number of hydrogen-bond acceptors (Lipinski definition) is 4. The maximum absolute atomic E-state index is 5.19. The molecule has 0 bridgehead atoms. The average molecular weight is 297 g/mol. The van der Waals surface area contributed by atoms with Gasteiger partial charge in [0.25, 0.3) is 0 Å². The number of imidazole rings is 1. The molecule has 6 nitrogen and oxygen atoms in total. The van der Waals surface area contributed by atoms with E-state index in [4.69, 9.17) is 4.42 Å². The Balaban J connectivity index is 1.54. The third kappa shape index (κ3) is 2.82. The van der Waals surface area contributed by atoms with Crippen molar-refractivity contribution in [1.82, 2.24) is 24.2 Å². The van der Waals surface area contributed by atoms with Crippen LogP contribution in [-0.2, 0) is 26.2 Å². The lowest BCUT2D eigenvalue weighted by atomic mass is 10.1. The lowest BCUT2D eigenvalue weighted by Crippen LogP contribution is -2.30. The summed E-state index contributed by atoms with van der Waals surface area (Å²) in [6.45, 7) is 4.69. The predicted octanol–water partition coefficient (Wildman–Crippen LogP) is 2.00. The topological polar surface area (TPSA) is 52.0 Å². The molecule has 114 valence electrons. The molecule has 0 fully saturated rings. The summed E-state index contributed by atoms with van der Waals surface area (Å²) in [6.07, 6.45) is 11.4. The number of furan rings is 1. The molecule has 0 N–H and O–H groups in total. The van der Waals surface area contributed by atoms with Gasteiger partial charge < -0.3 is 8.98 Å². The normalized spacial score (nSPS) is 19.0. The van der Waals surface area contributed by atoms with E-state index in [1.807, 2.05) is 41.7 Å². The number of aromatic nitrogens is 4. The van der Waals surface area contributed by atoms with Crippen LogP contribution in [-0.4, -0.2) is 30.8 Å². The van der Waals surface area contributed by atoms with Crippen molar-refractivity contribution in [3.8, 4) is 0 Å². The molecular formula is C16H19N5O. The van der Waals surface area contributed by atoms with Crippen LogP contribution in [0.2, 0.25) is 0 Å². The molecule has 1 aliphatic rings. The van der Waals surface area contributed by atoms with Crippen molar-refractivity contribution in [3.63, 3.8) is 0 Å². The van der Waals surface area contributed by atoms with E-state index in [0.717, 1.165) is 38.5 Å². The smallest absolute Gasteiger partial charge is 0.122 e. The van der Waals surface area contributed by atoms with Gasteiger partial charge in [0, 0.05) is 62.4 Å². The largest absolute Gasteiger partial charge is 0.472 e. The van der Waals surface area contributed by atoms with Crippen LogP contribution < -0.4 is 0 Å². The maximum atomic E-state index is 5.19. The monoisotopic (exact) mass is 297 g/mol. The third-order valence-corrected chi connectivity index (χ3v) is 4.13. The van der Waals surface area contributed by atoms with Gasteiger partial charge in [0.2, 0.25) is 0 Å². The van der Waals surface area contributed by atoms with E-state index in [1.54, 1.807) is 6.26 Å². The van der Waals surface area contributed by atoms with Crippen LogP contribution in [0, 0.1) is 5.92 Å². The van der Waals surface area contributed by atoms with Crippen molar-refractivity contribution in [3.05, 3.63) is 60.8 Å². The van der Waals surface area contributed by atoms with E-state index in [2.05, 4.69) is 25.7 Å². The molecule has 0 saturated carbocycles. The minimum absolute atomic E-state index is 0.502. The highest BCUT2D eigenvalue weighted by molar-refractivity contribution is 5.06. The fourth-order valence-corrected chi connectivity index (χ4v) is 3.17. The molecule has 1 aliphatic heterocycles. The van der Waals surface area contributed by atoms with E-state index in [-0.39, 0.29) is 0 Å². The van der Waals surface area contributed by atoms with Crippen molar-refractivity contribution in [2.24, 2.45) is 5.92 Å². The molecule has 4 heterocycles. The van der Waals surface area contributed by atoms with Gasteiger partial charge in [-0.15, -0.1) is 0 Å². The second kappa shape index (κ2) is 5.81. The summed E-state index contributed by atoms with van der Waals surface area (Å²) in [6, 6.07) is 4.00. The van der Waals surface area contributed by atoms with Crippen molar-refractivity contribution >= 4 is 0 Å². The lowest BCUT2D eigenvalue weighted by molar-refractivity contribution is 0.205. The Labute approximate surface area is 129 Å². The molecule has 3 aromatic heterocycles. The van der Waals surface area contributed by atoms with Gasteiger partial charge in [-0.3, -0.25) is 9.58 Å². The van der Waals surface area contributed by atoms with Gasteiger partial charge in [-0.1, -0.05) is 0 Å². The van der Waals surface area contributed by atoms with E-state index >= 15 is 0 Å². The van der Waals surface area contributed by atoms with Crippen LogP contribution in [0.25, 0.3) is 0 Å². The average Bonchev–Trinajstić information content (AvgIpc) is 3.22. The molecule has 1 unspecified atom stereocenters. The van der Waals surface area contributed by atoms with Crippen molar-refractivity contribution in [2.75, 3.05) is 6.54 Å². The Hall–Kier alpha value is -2.34. The maximum Gasteiger partial charge on any atom is 0.122 e. The quantitative estimate of drug-likeness (QED) is 0.739. The summed E-state index contributed by atoms with van der Waals surface area (Å²) in [4.78, 5) is 6.94. The lowest BCUT2D eigenvalue weighted by Gasteiger charge is -2.23. The summed E-state index contributed by atoms with van der Waals surface area (Å²) in [5.74, 6) is 1.63. The number of nitrogens with zero attached hydrogens (tertiary/aromatic N) is 5. The zero-order valence-corrected chi connectivity index (χ0v) is 12.4. The van der Waals surface area contributed by atoms with Crippen molar-refractivity contribution < 1.29 is 4.42 Å². The third-order valence-electron chi connectivity index (χ3n) is 4.13. The minimum atomic E-state index is 0.502. The summed E-state index contributed by atoms with van der Waals surface area (Å²) < 4.78 is 9.48. The Morgan fingerprint density at radius 3 is 3.05 bits per heavy atom. The van der Waals surface area contributed by atoms with Crippen LogP contribution in [0.15, 0.2) is 53.9 Å². The highest BCUT2D eigenvalue weighted by Gasteiger charge is 2.23. The van der Waals surface area contributed by atoms with Gasteiger partial charge >= 0.3 is 0 Å². The Morgan fingerprint density at radius 2 is 2.23 bits per heavy atom. The van der Waals surface area contributed by atoms with Crippen LogP contribution in [0.5, 0.6) is 0 Å². The molecule has 0 aromatic carbocycles. The first kappa shape index (κ1) is 13.3. The molecule has 0 radical (unpaired) electrons. The second-order valence-corrected chi connectivity index (χ2v) is 5.89. The Morgan fingerprint density at radius 1 is 1.23 bits per heavy atom. The van der Waals surface area contributed by atoms with Crippen LogP contribution >= 0.6 is 0 Å². The van der Waals surface area contributed by atoms with E-state index in [9.17, 15) is 0 Å². The molecule has 4 rings (SSSR count). The SMILES string of the molecule is c1cnn(CC2CN(Cc3ccoc3)Cc3nccn3C2)c1. The molecule has 0 aliphatic carbocycles. The fraction of sp³-hybridized carbons (Fsp3) is 0.375. The van der Waals surface area contributed by atoms with E-state index < -0.39 is 0 Å². The predicted molar refractivity (Wildman–Crippen MR) is 80.8 cm³/mol. The van der Waals surface area contributed by atoms with Gasteiger partial charge in [0.05, 0.1) is 19.1 Å². The van der Waals surface area contributed by atoms with Gasteiger partial charge in [-0.05, 0) is 12.1 Å². The van der Waals surface area contributed by atoms with Crippen molar-refractivity contribution in [1.29, 1.82) is 0 Å². The molecule has 1 atom stereocenters. The molecule has 0 saturated heterocycles. The van der Waals surface area contributed by atoms with E-state index in [0.29, 0.717) is 5.92 Å². The zero-order chi connectivity index (χ0) is 14.8. The first-order chi connectivity index (χ1) is 10.9. The van der Waals surface area contributed by atoms with Gasteiger partial charge in [-0.25, -0.2) is 4.98 Å². The Kier molecular flexibility index (Phi) is 3.52. The number of rotatable bonds is 4. The second-order valence-electron chi connectivity index (χ2n) is 5.89. The number of hydrogen-bond donors (Lipinski definition) is 0. The van der Waals surface area contributed by atoms with Crippen LogP contribution in [0.1, 0.15) is 11.4 Å². The first-order valence-corrected chi connectivity index (χ1v) is 7.58. The summed E-state index contributed by atoms with van der Waals surface area (Å²) in [7, 11) is 0. The first-order valence-electron chi connectivity index (χ1n) is 7.58. The molecule has 6 heteroatoms. The summed E-state index contributed by atoms with van der Waals surface area (Å²) in [5.41, 5.74) is 1.21. The van der Waals surface area contributed by atoms with Gasteiger partial charge in [0.1, 0.15) is 5.82 Å². The standard InChI is InChI=1S/C16H19N5O/c1-3-18-21(5-1)11-15-9-19(8-14-2-7-22-13-14)12-16-17-4-6-20(16)10-15/h1-7,13,15H,8-12H2. The van der Waals surface area contributed by atoms with Gasteiger partial charge in [0.15, 0.2) is 0 Å². The number of fused-ring (bicyclic) bond motifs is 1. The molecule has 0 amide bonds. The van der Waals surface area contributed by atoms with Crippen LogP contribution in [0.4, 0.5) is 0 Å². The molecule has 22 heavy (non-hydrogen) atoms. The molecule has 0 spiro atoms. The molecular weight excluding hydrogens is 278 g/mol. The minimum Gasteiger partial charge on any atom is -0.472 e. The van der Waals surface area contributed by atoms with Crippen molar-refractivity contribution in [2.45, 2.75) is 26.2 Å². The summed E-state index contributed by atoms with van der Waals surface area (Å²) in [5, 5.41) is 4.34. The fourth-order valence-electron chi connectivity index (χ4n) is 3.17. The Bertz CT molecular complexity index is 642. The summed E-state index contributed by atoms with van der Waals surface area (Å²) >= 11 is 0. The van der Waals surface area contributed by atoms with E-state index in [1.165, 1.54) is 5.56 Å².